The number of carbonyl (C=O) groups excluding carboxylic acids is 1. The molecule has 1 aromatic carbocycles. The highest BCUT2D eigenvalue weighted by molar-refractivity contribution is 5.96. The summed E-state index contributed by atoms with van der Waals surface area (Å²) >= 11 is 0. The molecule has 138 valence electrons. The Bertz CT molecular complexity index is 965. The molecule has 27 heavy (non-hydrogen) atoms. The highest BCUT2D eigenvalue weighted by atomic mass is 16.5. The second-order valence-electron chi connectivity index (χ2n) is 6.72. The molecule has 1 saturated heterocycles. The lowest BCUT2D eigenvalue weighted by Gasteiger charge is -2.32. The Morgan fingerprint density at radius 3 is 2.96 bits per heavy atom. The molecule has 0 aliphatic carbocycles. The van der Waals surface area contributed by atoms with E-state index in [-0.39, 0.29) is 5.91 Å². The normalized spacial score (nSPS) is 17.5. The number of fused-ring (bicyclic) bond motifs is 1. The van der Waals surface area contributed by atoms with E-state index in [0.717, 1.165) is 42.5 Å². The van der Waals surface area contributed by atoms with Crippen molar-refractivity contribution >= 4 is 22.9 Å². The predicted molar refractivity (Wildman–Crippen MR) is 104 cm³/mol. The summed E-state index contributed by atoms with van der Waals surface area (Å²) in [4.78, 5) is 18.8. The van der Waals surface area contributed by atoms with Gasteiger partial charge in [-0.1, -0.05) is 30.3 Å². The molecule has 0 radical (unpaired) electrons. The third-order valence-electron chi connectivity index (χ3n) is 5.05. The van der Waals surface area contributed by atoms with Crippen LogP contribution in [0.1, 0.15) is 30.0 Å². The molecule has 1 fully saturated rings. The van der Waals surface area contributed by atoms with Crippen molar-refractivity contribution < 1.29 is 9.53 Å². The van der Waals surface area contributed by atoms with E-state index in [1.54, 1.807) is 25.5 Å². The number of methoxy groups -OCH3 is 1. The van der Waals surface area contributed by atoms with Crippen LogP contribution in [0.5, 0.6) is 5.88 Å². The summed E-state index contributed by atoms with van der Waals surface area (Å²) in [5.41, 5.74) is 2.78. The smallest absolute Gasteiger partial charge is 0.246 e. The molecule has 0 spiro atoms. The third kappa shape index (κ3) is 3.56. The van der Waals surface area contributed by atoms with Crippen molar-refractivity contribution in [2.45, 2.75) is 18.8 Å². The van der Waals surface area contributed by atoms with E-state index in [2.05, 4.69) is 39.4 Å². The lowest BCUT2D eigenvalue weighted by atomic mass is 9.90. The molecule has 0 saturated carbocycles. The summed E-state index contributed by atoms with van der Waals surface area (Å²) in [6.45, 7) is 1.54. The SMILES string of the molecule is COc1nccc2n[nH]c(/C=C/C(=O)N3CCC[C@H](c4ccccc4)C3)c12. The standard InChI is InChI=1S/C21H22N4O2/c1-27-21-20-17(23-24-18(20)11-12-22-21)9-10-19(26)25-13-5-8-16(14-25)15-6-3-2-4-7-15/h2-4,6-7,9-12,16H,5,8,13-14H2,1H3,(H,23,24)/b10-9+/t16-/m0/s1. The minimum atomic E-state index is 0.0150. The summed E-state index contributed by atoms with van der Waals surface area (Å²) in [6, 6.07) is 12.2. The Balaban J connectivity index is 1.50. The van der Waals surface area contributed by atoms with E-state index >= 15 is 0 Å². The molecule has 0 unspecified atom stereocenters. The molecule has 0 bridgehead atoms. The Hall–Kier alpha value is -3.15. The highest BCUT2D eigenvalue weighted by Crippen LogP contribution is 2.28. The van der Waals surface area contributed by atoms with Crippen molar-refractivity contribution in [1.29, 1.82) is 0 Å². The number of rotatable bonds is 4. The number of nitrogens with one attached hydrogen (secondary N) is 1. The van der Waals surface area contributed by atoms with Gasteiger partial charge in [0.15, 0.2) is 0 Å². The van der Waals surface area contributed by atoms with Crippen LogP contribution in [-0.4, -0.2) is 46.2 Å². The van der Waals surface area contributed by atoms with Crippen LogP contribution < -0.4 is 4.74 Å². The number of pyridine rings is 1. The first-order chi connectivity index (χ1) is 13.3. The highest BCUT2D eigenvalue weighted by Gasteiger charge is 2.23. The van der Waals surface area contributed by atoms with Crippen LogP contribution in [0, 0.1) is 0 Å². The monoisotopic (exact) mass is 362 g/mol. The minimum Gasteiger partial charge on any atom is -0.480 e. The molecule has 6 heteroatoms. The molecule has 2 aromatic heterocycles. The fraction of sp³-hybridized carbons (Fsp3) is 0.286. The van der Waals surface area contributed by atoms with Gasteiger partial charge < -0.3 is 9.64 Å². The van der Waals surface area contributed by atoms with Crippen LogP contribution in [0.2, 0.25) is 0 Å². The van der Waals surface area contributed by atoms with Gasteiger partial charge in [0.1, 0.15) is 0 Å². The summed E-state index contributed by atoms with van der Waals surface area (Å²) in [5, 5.41) is 7.98. The Morgan fingerprint density at radius 2 is 2.15 bits per heavy atom. The van der Waals surface area contributed by atoms with Gasteiger partial charge in [-0.3, -0.25) is 9.89 Å². The second-order valence-corrected chi connectivity index (χ2v) is 6.72. The van der Waals surface area contributed by atoms with Crippen molar-refractivity contribution in [2.75, 3.05) is 20.2 Å². The minimum absolute atomic E-state index is 0.0150. The first kappa shape index (κ1) is 17.3. The number of H-pyrrole nitrogens is 1. The van der Waals surface area contributed by atoms with Gasteiger partial charge in [-0.05, 0) is 30.5 Å². The number of aromatic amines is 1. The molecular formula is C21H22N4O2. The van der Waals surface area contributed by atoms with Crippen molar-refractivity contribution in [3.63, 3.8) is 0 Å². The number of hydrogen-bond donors (Lipinski definition) is 1. The molecule has 1 aliphatic heterocycles. The van der Waals surface area contributed by atoms with Gasteiger partial charge in [-0.15, -0.1) is 0 Å². The Labute approximate surface area is 157 Å². The van der Waals surface area contributed by atoms with Gasteiger partial charge in [0.25, 0.3) is 0 Å². The van der Waals surface area contributed by atoms with Gasteiger partial charge in [0, 0.05) is 31.3 Å². The van der Waals surface area contributed by atoms with Crippen molar-refractivity contribution in [2.24, 2.45) is 0 Å². The van der Waals surface area contributed by atoms with Crippen LogP contribution in [0.3, 0.4) is 0 Å². The van der Waals surface area contributed by atoms with Crippen molar-refractivity contribution in [3.8, 4) is 5.88 Å². The number of hydrogen-bond acceptors (Lipinski definition) is 4. The number of aromatic nitrogens is 3. The van der Waals surface area contributed by atoms with E-state index in [9.17, 15) is 4.79 Å². The fourth-order valence-corrected chi connectivity index (χ4v) is 3.67. The zero-order chi connectivity index (χ0) is 18.6. The summed E-state index contributed by atoms with van der Waals surface area (Å²) < 4.78 is 5.31. The van der Waals surface area contributed by atoms with Crippen LogP contribution in [0.15, 0.2) is 48.7 Å². The zero-order valence-electron chi connectivity index (χ0n) is 15.3. The van der Waals surface area contributed by atoms with Gasteiger partial charge >= 0.3 is 0 Å². The molecule has 6 nitrogen and oxygen atoms in total. The number of amides is 1. The first-order valence-electron chi connectivity index (χ1n) is 9.15. The predicted octanol–water partition coefficient (Wildman–Crippen LogP) is 3.39. The summed E-state index contributed by atoms with van der Waals surface area (Å²) in [5.74, 6) is 0.909. The third-order valence-corrected chi connectivity index (χ3v) is 5.05. The van der Waals surface area contributed by atoms with Gasteiger partial charge in [0.05, 0.1) is 23.7 Å². The largest absolute Gasteiger partial charge is 0.480 e. The Morgan fingerprint density at radius 1 is 1.30 bits per heavy atom. The topological polar surface area (TPSA) is 71.1 Å². The lowest BCUT2D eigenvalue weighted by molar-refractivity contribution is -0.127. The summed E-state index contributed by atoms with van der Waals surface area (Å²) in [6.07, 6.45) is 7.15. The van der Waals surface area contributed by atoms with E-state index in [0.29, 0.717) is 11.8 Å². The number of ether oxygens (including phenoxy) is 1. The number of benzene rings is 1. The number of nitrogens with zero attached hydrogens (tertiary/aromatic N) is 3. The maximum Gasteiger partial charge on any atom is 0.246 e. The first-order valence-corrected chi connectivity index (χ1v) is 9.15. The van der Waals surface area contributed by atoms with Gasteiger partial charge in [-0.2, -0.15) is 5.10 Å². The molecule has 1 atom stereocenters. The number of piperidine rings is 1. The van der Waals surface area contributed by atoms with E-state index in [1.165, 1.54) is 5.56 Å². The maximum absolute atomic E-state index is 12.7. The lowest BCUT2D eigenvalue weighted by Crippen LogP contribution is -2.38. The molecule has 4 rings (SSSR count). The summed E-state index contributed by atoms with van der Waals surface area (Å²) in [7, 11) is 1.57. The molecule has 1 amide bonds. The van der Waals surface area contributed by atoms with Gasteiger partial charge in [0.2, 0.25) is 11.8 Å². The quantitative estimate of drug-likeness (QED) is 0.722. The molecule has 1 aliphatic rings. The van der Waals surface area contributed by atoms with Crippen molar-refractivity contribution in [3.05, 3.63) is 59.9 Å². The average Bonchev–Trinajstić information content (AvgIpc) is 3.16. The van der Waals surface area contributed by atoms with Crippen LogP contribution in [0.4, 0.5) is 0 Å². The number of likely N-dealkylation sites (tertiary alicyclic amines) is 1. The van der Waals surface area contributed by atoms with E-state index in [1.807, 2.05) is 17.0 Å². The van der Waals surface area contributed by atoms with E-state index < -0.39 is 0 Å². The van der Waals surface area contributed by atoms with Crippen LogP contribution >= 0.6 is 0 Å². The zero-order valence-corrected chi connectivity index (χ0v) is 15.3. The van der Waals surface area contributed by atoms with E-state index in [4.69, 9.17) is 4.74 Å². The average molecular weight is 362 g/mol. The fourth-order valence-electron chi connectivity index (χ4n) is 3.67. The molecule has 1 N–H and O–H groups in total. The molecule has 3 heterocycles. The van der Waals surface area contributed by atoms with Gasteiger partial charge in [-0.25, -0.2) is 4.98 Å². The Kier molecular flexibility index (Phi) is 4.87. The second kappa shape index (κ2) is 7.61. The van der Waals surface area contributed by atoms with Crippen LogP contribution in [0.25, 0.3) is 17.0 Å². The number of carbonyl (C=O) groups is 1. The molecular weight excluding hydrogens is 340 g/mol. The van der Waals surface area contributed by atoms with Crippen LogP contribution in [-0.2, 0) is 4.79 Å². The molecule has 3 aromatic rings. The van der Waals surface area contributed by atoms with Crippen molar-refractivity contribution in [1.82, 2.24) is 20.1 Å². The maximum atomic E-state index is 12.7.